The zero-order valence-corrected chi connectivity index (χ0v) is 11.2. The van der Waals surface area contributed by atoms with Gasteiger partial charge in [-0.15, -0.1) is 12.4 Å². The number of rotatable bonds is 2. The number of phenolic OH excluding ortho intramolecular Hbond substituents is 2. The second-order valence-corrected chi connectivity index (χ2v) is 4.80. The molecule has 3 unspecified atom stereocenters. The summed E-state index contributed by atoms with van der Waals surface area (Å²) in [6, 6.07) is 4.89. The summed E-state index contributed by atoms with van der Waals surface area (Å²) < 4.78 is 0. The summed E-state index contributed by atoms with van der Waals surface area (Å²) in [5, 5.41) is 32.2. The molecule has 1 aliphatic heterocycles. The van der Waals surface area contributed by atoms with Crippen LogP contribution in [0, 0.1) is 0 Å². The van der Waals surface area contributed by atoms with Crippen LogP contribution in [0.2, 0.25) is 0 Å². The maximum absolute atomic E-state index is 10.2. The van der Waals surface area contributed by atoms with E-state index in [9.17, 15) is 15.3 Å². The number of aliphatic hydroxyl groups is 1. The van der Waals surface area contributed by atoms with Crippen molar-refractivity contribution in [1.82, 2.24) is 5.32 Å². The molecule has 0 amide bonds. The van der Waals surface area contributed by atoms with Crippen molar-refractivity contribution < 1.29 is 15.3 Å². The molecule has 1 saturated heterocycles. The minimum atomic E-state index is -0.649. The number of benzene rings is 1. The fourth-order valence-electron chi connectivity index (χ4n) is 2.38. The molecule has 4 N–H and O–H groups in total. The molecule has 18 heavy (non-hydrogen) atoms. The molecule has 4 nitrogen and oxygen atoms in total. The lowest BCUT2D eigenvalue weighted by Gasteiger charge is -2.32. The molecule has 0 saturated carbocycles. The van der Waals surface area contributed by atoms with Crippen molar-refractivity contribution in [3.05, 3.63) is 23.8 Å². The molecule has 3 atom stereocenters. The molecule has 1 aromatic rings. The van der Waals surface area contributed by atoms with Crippen LogP contribution < -0.4 is 5.32 Å². The summed E-state index contributed by atoms with van der Waals surface area (Å²) >= 11 is 0. The van der Waals surface area contributed by atoms with Gasteiger partial charge in [0.25, 0.3) is 0 Å². The van der Waals surface area contributed by atoms with Gasteiger partial charge in [-0.1, -0.05) is 12.5 Å². The molecule has 5 heteroatoms. The van der Waals surface area contributed by atoms with Gasteiger partial charge in [-0.25, -0.2) is 0 Å². The molecule has 1 aromatic carbocycles. The van der Waals surface area contributed by atoms with Crippen molar-refractivity contribution in [2.24, 2.45) is 0 Å². The van der Waals surface area contributed by atoms with E-state index in [1.165, 1.54) is 12.1 Å². The van der Waals surface area contributed by atoms with Crippen LogP contribution in [0.5, 0.6) is 11.5 Å². The molecule has 0 aliphatic carbocycles. The van der Waals surface area contributed by atoms with Gasteiger partial charge >= 0.3 is 0 Å². The molecule has 102 valence electrons. The first kappa shape index (κ1) is 15.1. The maximum Gasteiger partial charge on any atom is 0.157 e. The highest BCUT2D eigenvalue weighted by atomic mass is 35.5. The number of phenols is 2. The Balaban J connectivity index is 0.00000162. The average Bonchev–Trinajstić information content (AvgIpc) is 2.32. The van der Waals surface area contributed by atoms with Crippen LogP contribution in [-0.2, 0) is 0 Å². The number of hydrogen-bond acceptors (Lipinski definition) is 4. The largest absolute Gasteiger partial charge is 0.504 e. The van der Waals surface area contributed by atoms with E-state index in [0.717, 1.165) is 19.3 Å². The lowest BCUT2D eigenvalue weighted by molar-refractivity contribution is 0.103. The predicted molar refractivity (Wildman–Crippen MR) is 72.2 cm³/mol. The maximum atomic E-state index is 10.2. The van der Waals surface area contributed by atoms with Gasteiger partial charge in [-0.05, 0) is 37.5 Å². The van der Waals surface area contributed by atoms with E-state index in [0.29, 0.717) is 11.6 Å². The molecule has 1 fully saturated rings. The predicted octanol–water partition coefficient (Wildman–Crippen LogP) is 2.08. The Morgan fingerprint density at radius 3 is 2.56 bits per heavy atom. The number of aliphatic hydroxyl groups excluding tert-OH is 1. The van der Waals surface area contributed by atoms with E-state index in [2.05, 4.69) is 12.2 Å². The summed E-state index contributed by atoms with van der Waals surface area (Å²) in [7, 11) is 0. The first-order valence-electron chi connectivity index (χ1n) is 6.04. The second kappa shape index (κ2) is 6.27. The van der Waals surface area contributed by atoms with Gasteiger partial charge in [0, 0.05) is 12.1 Å². The highest BCUT2D eigenvalue weighted by Crippen LogP contribution is 2.31. The molecule has 1 heterocycles. The molecule has 0 radical (unpaired) electrons. The Kier molecular flexibility index (Phi) is 5.26. The Morgan fingerprint density at radius 2 is 1.94 bits per heavy atom. The van der Waals surface area contributed by atoms with E-state index in [1.807, 2.05) is 0 Å². The first-order valence-corrected chi connectivity index (χ1v) is 6.04. The van der Waals surface area contributed by atoms with Gasteiger partial charge in [0.15, 0.2) is 11.5 Å². The minimum Gasteiger partial charge on any atom is -0.504 e. The summed E-state index contributed by atoms with van der Waals surface area (Å²) in [5.74, 6) is -0.351. The van der Waals surface area contributed by atoms with E-state index < -0.39 is 6.10 Å². The van der Waals surface area contributed by atoms with Crippen LogP contribution in [0.1, 0.15) is 37.9 Å². The summed E-state index contributed by atoms with van der Waals surface area (Å²) in [6.45, 7) is 2.10. The SMILES string of the molecule is CC1CCCC(C(O)c2ccc(O)c(O)c2)N1.Cl. The number of hydrogen-bond donors (Lipinski definition) is 4. The van der Waals surface area contributed by atoms with Crippen molar-refractivity contribution in [2.75, 3.05) is 0 Å². The number of halogens is 1. The third kappa shape index (κ3) is 3.28. The molecule has 0 aromatic heterocycles. The van der Waals surface area contributed by atoms with Gasteiger partial charge in [0.2, 0.25) is 0 Å². The summed E-state index contributed by atoms with van der Waals surface area (Å²) in [6.07, 6.45) is 2.50. The number of aromatic hydroxyl groups is 2. The van der Waals surface area contributed by atoms with Gasteiger partial charge in [-0.3, -0.25) is 0 Å². The Hall–Kier alpha value is -0.970. The molecule has 0 spiro atoms. The zero-order valence-electron chi connectivity index (χ0n) is 10.3. The molecule has 1 aliphatic rings. The van der Waals surface area contributed by atoms with Crippen molar-refractivity contribution >= 4 is 12.4 Å². The quantitative estimate of drug-likeness (QED) is 0.623. The highest BCUT2D eigenvalue weighted by Gasteiger charge is 2.25. The normalized spacial score (nSPS) is 25.2. The summed E-state index contributed by atoms with van der Waals surface area (Å²) in [4.78, 5) is 0. The van der Waals surface area contributed by atoms with Crippen molar-refractivity contribution in [1.29, 1.82) is 0 Å². The summed E-state index contributed by atoms with van der Waals surface area (Å²) in [5.41, 5.74) is 0.631. The van der Waals surface area contributed by atoms with Crippen LogP contribution in [0.4, 0.5) is 0 Å². The molecular weight excluding hydrogens is 254 g/mol. The highest BCUT2D eigenvalue weighted by molar-refractivity contribution is 5.85. The fourth-order valence-corrected chi connectivity index (χ4v) is 2.38. The van der Waals surface area contributed by atoms with Gasteiger partial charge in [0.05, 0.1) is 6.10 Å². The Labute approximate surface area is 113 Å². The van der Waals surface area contributed by atoms with Gasteiger partial charge in [-0.2, -0.15) is 0 Å². The third-order valence-electron chi connectivity index (χ3n) is 3.37. The van der Waals surface area contributed by atoms with E-state index in [4.69, 9.17) is 0 Å². The standard InChI is InChI=1S/C13H19NO3.ClH/c1-8-3-2-4-10(14-8)13(17)9-5-6-11(15)12(16)7-9;/h5-8,10,13-17H,2-4H2,1H3;1H. The van der Waals surface area contributed by atoms with Crippen molar-refractivity contribution in [3.8, 4) is 11.5 Å². The van der Waals surface area contributed by atoms with Crippen LogP contribution >= 0.6 is 12.4 Å². The first-order chi connectivity index (χ1) is 8.08. The third-order valence-corrected chi connectivity index (χ3v) is 3.37. The lowest BCUT2D eigenvalue weighted by Crippen LogP contribution is -2.44. The van der Waals surface area contributed by atoms with E-state index in [-0.39, 0.29) is 29.9 Å². The number of piperidine rings is 1. The second-order valence-electron chi connectivity index (χ2n) is 4.80. The zero-order chi connectivity index (χ0) is 12.4. The Morgan fingerprint density at radius 1 is 1.22 bits per heavy atom. The van der Waals surface area contributed by atoms with Crippen LogP contribution in [0.3, 0.4) is 0 Å². The van der Waals surface area contributed by atoms with Crippen molar-refractivity contribution in [2.45, 2.75) is 44.4 Å². The van der Waals surface area contributed by atoms with Gasteiger partial charge < -0.3 is 20.6 Å². The topological polar surface area (TPSA) is 72.7 Å². The number of nitrogens with one attached hydrogen (secondary N) is 1. The molecule has 2 rings (SSSR count). The van der Waals surface area contributed by atoms with Gasteiger partial charge in [0.1, 0.15) is 0 Å². The average molecular weight is 274 g/mol. The van der Waals surface area contributed by atoms with Crippen LogP contribution in [0.25, 0.3) is 0 Å². The van der Waals surface area contributed by atoms with E-state index >= 15 is 0 Å². The molecule has 0 bridgehead atoms. The minimum absolute atomic E-state index is 0. The lowest BCUT2D eigenvalue weighted by atomic mass is 9.92. The fraction of sp³-hybridized carbons (Fsp3) is 0.538. The van der Waals surface area contributed by atoms with E-state index in [1.54, 1.807) is 6.07 Å². The van der Waals surface area contributed by atoms with Crippen molar-refractivity contribution in [3.63, 3.8) is 0 Å². The van der Waals surface area contributed by atoms with Crippen LogP contribution in [-0.4, -0.2) is 27.4 Å². The van der Waals surface area contributed by atoms with Crippen LogP contribution in [0.15, 0.2) is 18.2 Å². The molecular formula is C13H20ClNO3. The smallest absolute Gasteiger partial charge is 0.157 e. The Bertz CT molecular complexity index is 400. The monoisotopic (exact) mass is 273 g/mol.